The Kier molecular flexibility index (Phi) is 3.87. The molecule has 0 heterocycles. The maximum absolute atomic E-state index is 6.61. The van der Waals surface area contributed by atoms with Gasteiger partial charge in [0.25, 0.3) is 0 Å². The van der Waals surface area contributed by atoms with Crippen LogP contribution in [0.2, 0.25) is 3.97 Å². The van der Waals surface area contributed by atoms with E-state index in [9.17, 15) is 0 Å². The predicted molar refractivity (Wildman–Crippen MR) is 96.7 cm³/mol. The molecule has 0 nitrogen and oxygen atoms in total. The number of benzene rings is 3. The van der Waals surface area contributed by atoms with E-state index in [-0.39, 0.29) is 5.92 Å². The van der Waals surface area contributed by atoms with Crippen LogP contribution >= 0.6 is 23.2 Å². The molecule has 0 aliphatic heterocycles. The van der Waals surface area contributed by atoms with Crippen molar-refractivity contribution in [3.8, 4) is 0 Å². The van der Waals surface area contributed by atoms with Crippen LogP contribution in [0.3, 0.4) is 0 Å². The molecular formula is C19H14Cl2Te. The van der Waals surface area contributed by atoms with Gasteiger partial charge in [-0.15, -0.1) is 0 Å². The van der Waals surface area contributed by atoms with E-state index in [1.54, 1.807) is 0 Å². The predicted octanol–water partition coefficient (Wildman–Crippen LogP) is 4.93. The third kappa shape index (κ3) is 2.55. The zero-order valence-electron chi connectivity index (χ0n) is 11.7. The Morgan fingerprint density at radius 1 is 0.773 bits per heavy atom. The molecule has 3 aromatic carbocycles. The van der Waals surface area contributed by atoms with Gasteiger partial charge in [0.1, 0.15) is 0 Å². The molecule has 0 aromatic heterocycles. The summed E-state index contributed by atoms with van der Waals surface area (Å²) < 4.78 is 1.26. The van der Waals surface area contributed by atoms with Gasteiger partial charge in [-0.3, -0.25) is 0 Å². The molecule has 3 heteroatoms. The Morgan fingerprint density at radius 3 is 2.27 bits per heavy atom. The van der Waals surface area contributed by atoms with Crippen molar-refractivity contribution in [3.05, 3.63) is 78.4 Å². The average Bonchev–Trinajstić information content (AvgIpc) is 3.09. The quantitative estimate of drug-likeness (QED) is 0.400. The minimum atomic E-state index is -0.597. The van der Waals surface area contributed by atoms with E-state index in [4.69, 9.17) is 23.2 Å². The van der Waals surface area contributed by atoms with Gasteiger partial charge in [-0.1, -0.05) is 0 Å². The maximum atomic E-state index is 6.61. The van der Waals surface area contributed by atoms with Crippen LogP contribution in [0.15, 0.2) is 72.8 Å². The molecule has 22 heavy (non-hydrogen) atoms. The number of hydrogen-bond acceptors (Lipinski definition) is 0. The Bertz CT molecular complexity index is 809. The van der Waals surface area contributed by atoms with Gasteiger partial charge >= 0.3 is 151 Å². The summed E-state index contributed by atoms with van der Waals surface area (Å²) in [6.07, 6.45) is 0. The van der Waals surface area contributed by atoms with Gasteiger partial charge in [0, 0.05) is 0 Å². The molecule has 0 spiro atoms. The van der Waals surface area contributed by atoms with Crippen molar-refractivity contribution < 1.29 is 0 Å². The Balaban J connectivity index is 1.66. The first-order valence-corrected chi connectivity index (χ1v) is 10.5. The summed E-state index contributed by atoms with van der Waals surface area (Å²) in [5.41, 5.74) is 1.27. The first-order chi connectivity index (χ1) is 10.7. The zero-order valence-corrected chi connectivity index (χ0v) is 15.6. The summed E-state index contributed by atoms with van der Waals surface area (Å²) >= 11 is 12.8. The van der Waals surface area contributed by atoms with Crippen LogP contribution in [0, 0.1) is 0 Å². The SMILES string of the molecule is ClC1(Cl)C([Te]c2cccc3ccccc23)C1c1ccccc1. The van der Waals surface area contributed by atoms with Crippen molar-refractivity contribution in [2.45, 2.75) is 14.2 Å². The van der Waals surface area contributed by atoms with Crippen LogP contribution in [-0.4, -0.2) is 25.3 Å². The second-order valence-corrected chi connectivity index (χ2v) is 10.4. The van der Waals surface area contributed by atoms with Gasteiger partial charge in [-0.25, -0.2) is 0 Å². The van der Waals surface area contributed by atoms with Crippen LogP contribution < -0.4 is 3.61 Å². The van der Waals surface area contributed by atoms with E-state index in [2.05, 4.69) is 66.7 Å². The molecule has 1 fully saturated rings. The number of hydrogen-bond donors (Lipinski definition) is 0. The molecule has 0 bridgehead atoms. The second kappa shape index (κ2) is 5.73. The molecule has 0 radical (unpaired) electrons. The first-order valence-electron chi connectivity index (χ1n) is 7.25. The fourth-order valence-electron chi connectivity index (χ4n) is 2.94. The number of halogens is 2. The summed E-state index contributed by atoms with van der Waals surface area (Å²) in [5.74, 6) is 0.276. The first kappa shape index (κ1) is 14.9. The molecule has 4 rings (SSSR count). The second-order valence-electron chi connectivity index (χ2n) is 5.58. The van der Waals surface area contributed by atoms with Gasteiger partial charge in [0.05, 0.1) is 0 Å². The number of fused-ring (bicyclic) bond motifs is 1. The zero-order chi connectivity index (χ0) is 15.2. The van der Waals surface area contributed by atoms with Crippen molar-refractivity contribution in [1.29, 1.82) is 0 Å². The number of alkyl halides is 2. The number of rotatable bonds is 3. The normalized spacial score (nSPS) is 22.6. The molecule has 3 aromatic rings. The van der Waals surface area contributed by atoms with Crippen LogP contribution in [0.5, 0.6) is 0 Å². The van der Waals surface area contributed by atoms with Crippen molar-refractivity contribution in [2.24, 2.45) is 0 Å². The fraction of sp³-hybridized carbons (Fsp3) is 0.158. The van der Waals surface area contributed by atoms with Gasteiger partial charge in [-0.05, 0) is 0 Å². The molecule has 110 valence electrons. The molecule has 0 N–H and O–H groups in total. The third-order valence-corrected chi connectivity index (χ3v) is 10.2. The van der Waals surface area contributed by atoms with Gasteiger partial charge in [0.15, 0.2) is 0 Å². The summed E-state index contributed by atoms with van der Waals surface area (Å²) in [7, 11) is 0. The molecule has 0 saturated heterocycles. The van der Waals surface area contributed by atoms with E-state index in [0.29, 0.717) is 3.97 Å². The van der Waals surface area contributed by atoms with E-state index in [1.165, 1.54) is 19.9 Å². The molecule has 0 amide bonds. The Labute approximate surface area is 150 Å². The summed E-state index contributed by atoms with van der Waals surface area (Å²) in [5, 5.41) is 2.66. The molecule has 1 aliphatic carbocycles. The van der Waals surface area contributed by atoms with Gasteiger partial charge in [-0.2, -0.15) is 0 Å². The molecule has 1 saturated carbocycles. The summed E-state index contributed by atoms with van der Waals surface area (Å²) in [4.78, 5) is 0. The molecule has 2 unspecified atom stereocenters. The van der Waals surface area contributed by atoms with Crippen molar-refractivity contribution >= 4 is 58.5 Å². The van der Waals surface area contributed by atoms with Crippen LogP contribution in [0.1, 0.15) is 11.5 Å². The van der Waals surface area contributed by atoms with Crippen molar-refractivity contribution in [3.63, 3.8) is 0 Å². The van der Waals surface area contributed by atoms with Gasteiger partial charge < -0.3 is 0 Å². The van der Waals surface area contributed by atoms with Gasteiger partial charge in [0.2, 0.25) is 0 Å². The summed E-state index contributed by atoms with van der Waals surface area (Å²) in [6, 6.07) is 25.6. The molecular weight excluding hydrogens is 427 g/mol. The standard InChI is InChI=1S/C19H14Cl2Te/c20-19(21)17(14-8-2-1-3-9-14)18(19)22-16-12-6-10-13-7-4-5-11-15(13)16/h1-12,17-18H. The van der Waals surface area contributed by atoms with E-state index >= 15 is 0 Å². The van der Waals surface area contributed by atoms with Crippen molar-refractivity contribution in [1.82, 2.24) is 0 Å². The van der Waals surface area contributed by atoms with Crippen LogP contribution in [0.4, 0.5) is 0 Å². The van der Waals surface area contributed by atoms with Crippen LogP contribution in [-0.2, 0) is 0 Å². The topological polar surface area (TPSA) is 0 Å². The monoisotopic (exact) mass is 442 g/mol. The Morgan fingerprint density at radius 2 is 1.45 bits per heavy atom. The molecule has 1 aliphatic rings. The average molecular weight is 441 g/mol. The molecule has 2 atom stereocenters. The van der Waals surface area contributed by atoms with Crippen molar-refractivity contribution in [2.75, 3.05) is 0 Å². The third-order valence-electron chi connectivity index (χ3n) is 4.15. The Hall–Kier alpha value is -0.710. The van der Waals surface area contributed by atoms with E-state index in [0.717, 1.165) is 0 Å². The fourth-order valence-corrected chi connectivity index (χ4v) is 8.85. The summed E-state index contributed by atoms with van der Waals surface area (Å²) in [6.45, 7) is 0. The van der Waals surface area contributed by atoms with Crippen LogP contribution in [0.25, 0.3) is 10.8 Å². The minimum absolute atomic E-state index is 0.276. The van der Waals surface area contributed by atoms with E-state index in [1.807, 2.05) is 6.07 Å². The van der Waals surface area contributed by atoms with E-state index < -0.39 is 25.3 Å².